The van der Waals surface area contributed by atoms with Crippen molar-refractivity contribution in [2.75, 3.05) is 37.4 Å². The Morgan fingerprint density at radius 3 is 2.50 bits per heavy atom. The van der Waals surface area contributed by atoms with Crippen LogP contribution in [0.1, 0.15) is 12.0 Å². The molecule has 1 aromatic heterocycles. The van der Waals surface area contributed by atoms with Gasteiger partial charge >= 0.3 is 0 Å². The fourth-order valence-corrected chi connectivity index (χ4v) is 2.82. The van der Waals surface area contributed by atoms with Crippen LogP contribution >= 0.6 is 0 Å². The zero-order valence-corrected chi connectivity index (χ0v) is 16.0. The minimum atomic E-state index is -0.183. The molecule has 1 heterocycles. The fraction of sp³-hybridized carbons (Fsp3) is 0.273. The van der Waals surface area contributed by atoms with Gasteiger partial charge in [-0.3, -0.25) is 0 Å². The molecule has 0 unspecified atom stereocenters. The second kappa shape index (κ2) is 10.4. The van der Waals surface area contributed by atoms with Crippen molar-refractivity contribution in [2.24, 2.45) is 0 Å². The quantitative estimate of drug-likeness (QED) is 0.511. The molecule has 2 aromatic carbocycles. The molecule has 3 aromatic rings. The molecule has 0 radical (unpaired) electrons. The Hall–Kier alpha value is -2.99. The van der Waals surface area contributed by atoms with Crippen molar-refractivity contribution < 1.29 is 9.13 Å². The lowest BCUT2D eigenvalue weighted by Gasteiger charge is -2.12. The number of nitrogens with zero attached hydrogens (tertiary/aromatic N) is 2. The van der Waals surface area contributed by atoms with E-state index in [9.17, 15) is 4.39 Å². The normalized spacial score (nSPS) is 10.6. The summed E-state index contributed by atoms with van der Waals surface area (Å²) < 4.78 is 18.9. The summed E-state index contributed by atoms with van der Waals surface area (Å²) in [6, 6.07) is 18.7. The van der Waals surface area contributed by atoms with E-state index in [1.807, 2.05) is 42.5 Å². The second-order valence-electron chi connectivity index (χ2n) is 6.37. The number of ether oxygens (including phenoxy) is 1. The van der Waals surface area contributed by atoms with Crippen LogP contribution in [0.15, 0.2) is 60.7 Å². The molecule has 6 heteroatoms. The predicted molar refractivity (Wildman–Crippen MR) is 111 cm³/mol. The Balaban J connectivity index is 1.72. The SMILES string of the molecule is COCCCNc1nc(NCCc2ccccc2F)cc(-c2ccccc2)n1. The molecule has 0 saturated heterocycles. The number of aromatic nitrogens is 2. The van der Waals surface area contributed by atoms with Gasteiger partial charge in [0.05, 0.1) is 5.69 Å². The monoisotopic (exact) mass is 380 g/mol. The Labute approximate surface area is 165 Å². The first-order valence-electron chi connectivity index (χ1n) is 9.41. The molecule has 0 aliphatic carbocycles. The highest BCUT2D eigenvalue weighted by Crippen LogP contribution is 2.21. The number of rotatable bonds is 10. The fourth-order valence-electron chi connectivity index (χ4n) is 2.82. The van der Waals surface area contributed by atoms with Crippen LogP contribution in [0.4, 0.5) is 16.2 Å². The van der Waals surface area contributed by atoms with Gasteiger partial charge in [-0.25, -0.2) is 9.37 Å². The van der Waals surface area contributed by atoms with Crippen molar-refractivity contribution in [3.8, 4) is 11.3 Å². The van der Waals surface area contributed by atoms with E-state index in [-0.39, 0.29) is 5.82 Å². The van der Waals surface area contributed by atoms with E-state index in [2.05, 4.69) is 20.6 Å². The highest BCUT2D eigenvalue weighted by Gasteiger charge is 2.07. The van der Waals surface area contributed by atoms with Gasteiger partial charge in [0.25, 0.3) is 0 Å². The van der Waals surface area contributed by atoms with Gasteiger partial charge in [0.15, 0.2) is 0 Å². The summed E-state index contributed by atoms with van der Waals surface area (Å²) in [6.07, 6.45) is 1.44. The van der Waals surface area contributed by atoms with E-state index < -0.39 is 0 Å². The lowest BCUT2D eigenvalue weighted by atomic mass is 10.1. The smallest absolute Gasteiger partial charge is 0.225 e. The first kappa shape index (κ1) is 19.8. The van der Waals surface area contributed by atoms with Gasteiger partial charge in [-0.05, 0) is 24.5 Å². The largest absolute Gasteiger partial charge is 0.385 e. The third kappa shape index (κ3) is 5.76. The molecular weight excluding hydrogens is 355 g/mol. The second-order valence-corrected chi connectivity index (χ2v) is 6.37. The van der Waals surface area contributed by atoms with E-state index in [1.54, 1.807) is 19.2 Å². The Bertz CT molecular complexity index is 873. The van der Waals surface area contributed by atoms with Crippen LogP contribution in [0.3, 0.4) is 0 Å². The van der Waals surface area contributed by atoms with Crippen LogP contribution in [0, 0.1) is 5.82 Å². The maximum Gasteiger partial charge on any atom is 0.225 e. The van der Waals surface area contributed by atoms with Gasteiger partial charge in [0.1, 0.15) is 11.6 Å². The number of methoxy groups -OCH3 is 1. The van der Waals surface area contributed by atoms with Crippen LogP contribution in [0.25, 0.3) is 11.3 Å². The van der Waals surface area contributed by atoms with E-state index in [4.69, 9.17) is 4.74 Å². The number of hydrogen-bond donors (Lipinski definition) is 2. The molecule has 3 rings (SSSR count). The molecule has 2 N–H and O–H groups in total. The summed E-state index contributed by atoms with van der Waals surface area (Å²) in [7, 11) is 1.68. The van der Waals surface area contributed by atoms with Crippen LogP contribution < -0.4 is 10.6 Å². The molecule has 0 aliphatic heterocycles. The van der Waals surface area contributed by atoms with Gasteiger partial charge in [-0.2, -0.15) is 4.98 Å². The first-order valence-corrected chi connectivity index (χ1v) is 9.41. The number of nitrogens with one attached hydrogen (secondary N) is 2. The molecular formula is C22H25FN4O. The van der Waals surface area contributed by atoms with Crippen molar-refractivity contribution in [2.45, 2.75) is 12.8 Å². The lowest BCUT2D eigenvalue weighted by Crippen LogP contribution is -2.12. The summed E-state index contributed by atoms with van der Waals surface area (Å²) in [5.74, 6) is 1.09. The number of benzene rings is 2. The summed E-state index contributed by atoms with van der Waals surface area (Å²) in [6.45, 7) is 1.98. The van der Waals surface area contributed by atoms with Gasteiger partial charge in [0, 0.05) is 38.4 Å². The zero-order valence-electron chi connectivity index (χ0n) is 16.0. The number of anilines is 2. The number of hydrogen-bond acceptors (Lipinski definition) is 5. The Kier molecular flexibility index (Phi) is 7.32. The average molecular weight is 380 g/mol. The number of halogens is 1. The standard InChI is InChI=1S/C22H25FN4O/c1-28-15-7-13-25-22-26-20(18-9-3-2-4-10-18)16-21(27-22)24-14-12-17-8-5-6-11-19(17)23/h2-6,8-11,16H,7,12-15H2,1H3,(H2,24,25,26,27). The van der Waals surface area contributed by atoms with Crippen LogP contribution in [0.5, 0.6) is 0 Å². The molecule has 0 atom stereocenters. The summed E-state index contributed by atoms with van der Waals surface area (Å²) in [5, 5.41) is 6.54. The van der Waals surface area contributed by atoms with Crippen molar-refractivity contribution in [3.05, 3.63) is 72.0 Å². The maximum atomic E-state index is 13.8. The lowest BCUT2D eigenvalue weighted by molar-refractivity contribution is 0.197. The van der Waals surface area contributed by atoms with Crippen LogP contribution in [-0.2, 0) is 11.2 Å². The minimum Gasteiger partial charge on any atom is -0.385 e. The van der Waals surface area contributed by atoms with Gasteiger partial charge < -0.3 is 15.4 Å². The van der Waals surface area contributed by atoms with E-state index >= 15 is 0 Å². The molecule has 0 fully saturated rings. The topological polar surface area (TPSA) is 59.1 Å². The third-order valence-corrected chi connectivity index (χ3v) is 4.26. The van der Waals surface area contributed by atoms with Crippen molar-refractivity contribution in [1.82, 2.24) is 9.97 Å². The van der Waals surface area contributed by atoms with Gasteiger partial charge in [-0.1, -0.05) is 48.5 Å². The molecule has 146 valence electrons. The Morgan fingerprint density at radius 2 is 1.71 bits per heavy atom. The maximum absolute atomic E-state index is 13.8. The summed E-state index contributed by atoms with van der Waals surface area (Å²) >= 11 is 0. The van der Waals surface area contributed by atoms with E-state index in [1.165, 1.54) is 6.07 Å². The molecule has 0 aliphatic rings. The molecule has 0 amide bonds. The summed E-state index contributed by atoms with van der Waals surface area (Å²) in [4.78, 5) is 9.16. The molecule has 0 saturated carbocycles. The Morgan fingerprint density at radius 1 is 0.929 bits per heavy atom. The van der Waals surface area contributed by atoms with Crippen LogP contribution in [0.2, 0.25) is 0 Å². The molecule has 5 nitrogen and oxygen atoms in total. The minimum absolute atomic E-state index is 0.183. The first-order chi connectivity index (χ1) is 13.8. The molecule has 0 bridgehead atoms. The third-order valence-electron chi connectivity index (χ3n) is 4.26. The van der Waals surface area contributed by atoms with Gasteiger partial charge in [0.2, 0.25) is 5.95 Å². The highest BCUT2D eigenvalue weighted by atomic mass is 19.1. The van der Waals surface area contributed by atoms with Crippen LogP contribution in [-0.4, -0.2) is 36.8 Å². The summed E-state index contributed by atoms with van der Waals surface area (Å²) in [5.41, 5.74) is 2.53. The van der Waals surface area contributed by atoms with Crippen molar-refractivity contribution in [1.29, 1.82) is 0 Å². The molecule has 0 spiro atoms. The zero-order chi connectivity index (χ0) is 19.6. The predicted octanol–water partition coefficient (Wildman–Crippen LogP) is 4.39. The molecule has 28 heavy (non-hydrogen) atoms. The van der Waals surface area contributed by atoms with E-state index in [0.29, 0.717) is 36.9 Å². The van der Waals surface area contributed by atoms with Crippen molar-refractivity contribution >= 4 is 11.8 Å². The van der Waals surface area contributed by atoms with Gasteiger partial charge in [-0.15, -0.1) is 0 Å². The van der Waals surface area contributed by atoms with Crippen molar-refractivity contribution in [3.63, 3.8) is 0 Å². The van der Waals surface area contributed by atoms with E-state index in [0.717, 1.165) is 24.2 Å². The highest BCUT2D eigenvalue weighted by molar-refractivity contribution is 5.64. The average Bonchev–Trinajstić information content (AvgIpc) is 2.73.